The molecular formula is C14H20BrFN2O. The van der Waals surface area contributed by atoms with E-state index in [1.54, 1.807) is 6.07 Å². The van der Waals surface area contributed by atoms with Crippen molar-refractivity contribution in [3.05, 3.63) is 34.1 Å². The molecule has 0 saturated carbocycles. The number of halogens is 2. The van der Waals surface area contributed by atoms with E-state index in [2.05, 4.69) is 21.4 Å². The summed E-state index contributed by atoms with van der Waals surface area (Å²) in [6.07, 6.45) is 5.33. The second kappa shape index (κ2) is 7.33. The topological polar surface area (TPSA) is 47.3 Å². The molecule has 3 nitrogen and oxygen atoms in total. The summed E-state index contributed by atoms with van der Waals surface area (Å²) >= 11 is 3.31. The molecule has 106 valence electrons. The summed E-state index contributed by atoms with van der Waals surface area (Å²) in [4.78, 5) is 0. The van der Waals surface area contributed by atoms with Crippen molar-refractivity contribution in [1.29, 1.82) is 0 Å². The number of hydrogen-bond acceptors (Lipinski definition) is 3. The molecule has 2 atom stereocenters. The molecule has 1 saturated heterocycles. The Morgan fingerprint density at radius 1 is 1.47 bits per heavy atom. The Kier molecular flexibility index (Phi) is 5.76. The Hall–Kier alpha value is -0.490. The van der Waals surface area contributed by atoms with Gasteiger partial charge in [-0.25, -0.2) is 4.39 Å². The number of rotatable bonds is 6. The summed E-state index contributed by atoms with van der Waals surface area (Å²) in [6.45, 7) is 0.877. The van der Waals surface area contributed by atoms with Crippen molar-refractivity contribution in [2.24, 2.45) is 5.84 Å². The van der Waals surface area contributed by atoms with E-state index in [1.807, 2.05) is 6.07 Å². The van der Waals surface area contributed by atoms with Gasteiger partial charge < -0.3 is 4.74 Å². The highest BCUT2D eigenvalue weighted by Crippen LogP contribution is 2.20. The molecule has 0 bridgehead atoms. The van der Waals surface area contributed by atoms with Crippen LogP contribution in [-0.2, 0) is 11.2 Å². The van der Waals surface area contributed by atoms with Crippen LogP contribution in [0.5, 0.6) is 0 Å². The van der Waals surface area contributed by atoms with E-state index >= 15 is 0 Å². The van der Waals surface area contributed by atoms with Gasteiger partial charge in [0.05, 0.1) is 6.10 Å². The highest BCUT2D eigenvalue weighted by molar-refractivity contribution is 9.10. The van der Waals surface area contributed by atoms with Crippen molar-refractivity contribution in [2.45, 2.75) is 44.2 Å². The molecule has 1 heterocycles. The third-order valence-electron chi connectivity index (χ3n) is 3.50. The van der Waals surface area contributed by atoms with Crippen LogP contribution in [0, 0.1) is 5.82 Å². The predicted molar refractivity (Wildman–Crippen MR) is 77.1 cm³/mol. The van der Waals surface area contributed by atoms with E-state index in [9.17, 15) is 4.39 Å². The van der Waals surface area contributed by atoms with Crippen molar-refractivity contribution in [3.8, 4) is 0 Å². The van der Waals surface area contributed by atoms with E-state index in [1.165, 1.54) is 6.07 Å². The Bertz CT molecular complexity index is 390. The smallest absolute Gasteiger partial charge is 0.124 e. The molecule has 2 rings (SSSR count). The zero-order valence-electron chi connectivity index (χ0n) is 10.9. The second-order valence-electron chi connectivity index (χ2n) is 5.06. The molecule has 3 N–H and O–H groups in total. The monoisotopic (exact) mass is 330 g/mol. The summed E-state index contributed by atoms with van der Waals surface area (Å²) in [7, 11) is 0. The quantitative estimate of drug-likeness (QED) is 0.622. The average molecular weight is 331 g/mol. The summed E-state index contributed by atoms with van der Waals surface area (Å²) in [6, 6.07) is 5.10. The molecule has 0 aromatic heterocycles. The van der Waals surface area contributed by atoms with Crippen LogP contribution in [-0.4, -0.2) is 18.8 Å². The van der Waals surface area contributed by atoms with E-state index in [0.717, 1.165) is 48.7 Å². The van der Waals surface area contributed by atoms with Crippen LogP contribution in [0.1, 0.15) is 31.2 Å². The number of hydrogen-bond donors (Lipinski definition) is 2. The molecule has 1 aromatic rings. The van der Waals surface area contributed by atoms with E-state index in [0.29, 0.717) is 6.10 Å². The van der Waals surface area contributed by atoms with Crippen LogP contribution in [0.4, 0.5) is 4.39 Å². The minimum atomic E-state index is -0.223. The summed E-state index contributed by atoms with van der Waals surface area (Å²) < 4.78 is 19.7. The number of ether oxygens (including phenoxy) is 1. The second-order valence-corrected chi connectivity index (χ2v) is 5.97. The third kappa shape index (κ3) is 4.84. The molecule has 1 aromatic carbocycles. The van der Waals surface area contributed by atoms with Crippen LogP contribution in [0.3, 0.4) is 0 Å². The maximum absolute atomic E-state index is 13.3. The zero-order valence-corrected chi connectivity index (χ0v) is 12.5. The minimum Gasteiger partial charge on any atom is -0.378 e. The van der Waals surface area contributed by atoms with Crippen LogP contribution < -0.4 is 11.3 Å². The van der Waals surface area contributed by atoms with Crippen molar-refractivity contribution in [1.82, 2.24) is 5.43 Å². The molecule has 1 fully saturated rings. The van der Waals surface area contributed by atoms with Gasteiger partial charge in [-0.2, -0.15) is 0 Å². The molecule has 19 heavy (non-hydrogen) atoms. The van der Waals surface area contributed by atoms with Crippen molar-refractivity contribution in [3.63, 3.8) is 0 Å². The lowest BCUT2D eigenvalue weighted by molar-refractivity contribution is 0.0996. The van der Waals surface area contributed by atoms with Crippen molar-refractivity contribution >= 4 is 15.9 Å². The van der Waals surface area contributed by atoms with Gasteiger partial charge in [0, 0.05) is 17.1 Å². The first-order chi connectivity index (χ1) is 9.17. The van der Waals surface area contributed by atoms with Crippen LogP contribution in [0.2, 0.25) is 0 Å². The fourth-order valence-electron chi connectivity index (χ4n) is 2.52. The number of nitrogens with one attached hydrogen (secondary N) is 1. The molecule has 5 heteroatoms. The number of benzene rings is 1. The van der Waals surface area contributed by atoms with Crippen molar-refractivity contribution in [2.75, 3.05) is 6.61 Å². The molecule has 0 radical (unpaired) electrons. The SMILES string of the molecule is NNC(CCC1CCCO1)Cc1cc(F)cc(Br)c1. The first-order valence-electron chi connectivity index (χ1n) is 6.70. The normalized spacial score (nSPS) is 20.7. The van der Waals surface area contributed by atoms with Gasteiger partial charge in [-0.3, -0.25) is 11.3 Å². The fraction of sp³-hybridized carbons (Fsp3) is 0.571. The Morgan fingerprint density at radius 2 is 2.32 bits per heavy atom. The maximum atomic E-state index is 13.3. The van der Waals surface area contributed by atoms with Crippen LogP contribution in [0.25, 0.3) is 0 Å². The molecular weight excluding hydrogens is 311 g/mol. The molecule has 1 aliphatic rings. The van der Waals surface area contributed by atoms with Crippen LogP contribution in [0.15, 0.2) is 22.7 Å². The largest absolute Gasteiger partial charge is 0.378 e. The number of nitrogens with two attached hydrogens (primary N) is 1. The molecule has 0 aliphatic carbocycles. The van der Waals surface area contributed by atoms with E-state index in [4.69, 9.17) is 10.6 Å². The van der Waals surface area contributed by atoms with Gasteiger partial charge in [-0.15, -0.1) is 0 Å². The fourth-order valence-corrected chi connectivity index (χ4v) is 3.03. The lowest BCUT2D eigenvalue weighted by Gasteiger charge is -2.18. The lowest BCUT2D eigenvalue weighted by atomic mass is 10.00. The highest BCUT2D eigenvalue weighted by Gasteiger charge is 2.17. The Balaban J connectivity index is 1.86. The first kappa shape index (κ1) is 14.9. The van der Waals surface area contributed by atoms with Gasteiger partial charge in [0.2, 0.25) is 0 Å². The first-order valence-corrected chi connectivity index (χ1v) is 7.49. The summed E-state index contributed by atoms with van der Waals surface area (Å²) in [5.74, 6) is 5.36. The summed E-state index contributed by atoms with van der Waals surface area (Å²) in [5, 5.41) is 0. The minimum absolute atomic E-state index is 0.151. The highest BCUT2D eigenvalue weighted by atomic mass is 79.9. The molecule has 0 amide bonds. The third-order valence-corrected chi connectivity index (χ3v) is 3.96. The van der Waals surface area contributed by atoms with Gasteiger partial charge in [-0.1, -0.05) is 15.9 Å². The lowest BCUT2D eigenvalue weighted by Crippen LogP contribution is -2.37. The average Bonchev–Trinajstić information content (AvgIpc) is 2.86. The zero-order chi connectivity index (χ0) is 13.7. The molecule has 2 unspecified atom stereocenters. The van der Waals surface area contributed by atoms with E-state index in [-0.39, 0.29) is 11.9 Å². The van der Waals surface area contributed by atoms with Gasteiger partial charge in [0.1, 0.15) is 5.82 Å². The number of hydrazine groups is 1. The molecule has 1 aliphatic heterocycles. The Labute approximate surface area is 121 Å². The molecule has 0 spiro atoms. The predicted octanol–water partition coefficient (Wildman–Crippen LogP) is 2.92. The van der Waals surface area contributed by atoms with Gasteiger partial charge in [0.15, 0.2) is 0 Å². The summed E-state index contributed by atoms with van der Waals surface area (Å²) in [5.41, 5.74) is 3.77. The van der Waals surface area contributed by atoms with E-state index < -0.39 is 0 Å². The van der Waals surface area contributed by atoms with Gasteiger partial charge in [0.25, 0.3) is 0 Å². The standard InChI is InChI=1S/C14H20BrFN2O/c15-11-6-10(7-12(16)9-11)8-13(18-17)3-4-14-2-1-5-19-14/h6-7,9,13-14,18H,1-5,8,17H2. The van der Waals surface area contributed by atoms with Gasteiger partial charge in [-0.05, 0) is 55.9 Å². The van der Waals surface area contributed by atoms with Gasteiger partial charge >= 0.3 is 0 Å². The van der Waals surface area contributed by atoms with Crippen molar-refractivity contribution < 1.29 is 9.13 Å². The maximum Gasteiger partial charge on any atom is 0.124 e. The Morgan fingerprint density at radius 3 is 2.95 bits per heavy atom. The van der Waals surface area contributed by atoms with Crippen LogP contribution >= 0.6 is 15.9 Å².